The van der Waals surface area contributed by atoms with Crippen LogP contribution in [0.4, 0.5) is 4.39 Å². The van der Waals surface area contributed by atoms with Crippen LogP contribution in [0.25, 0.3) is 0 Å². The Bertz CT molecular complexity index is 305. The molecular formula is C12H20FN3O. The zero-order valence-corrected chi connectivity index (χ0v) is 10.4. The van der Waals surface area contributed by atoms with Crippen LogP contribution in [-0.2, 0) is 11.3 Å². The highest BCUT2D eigenvalue weighted by molar-refractivity contribution is 5.04. The van der Waals surface area contributed by atoms with Crippen LogP contribution >= 0.6 is 0 Å². The minimum atomic E-state index is -0.303. The number of pyridine rings is 1. The van der Waals surface area contributed by atoms with E-state index in [2.05, 4.69) is 22.5 Å². The average molecular weight is 241 g/mol. The second-order valence-corrected chi connectivity index (χ2v) is 3.95. The summed E-state index contributed by atoms with van der Waals surface area (Å²) in [5.41, 5.74) is 0.843. The maximum Gasteiger partial charge on any atom is 0.141 e. The van der Waals surface area contributed by atoms with Gasteiger partial charge in [-0.15, -0.1) is 0 Å². The van der Waals surface area contributed by atoms with E-state index in [0.29, 0.717) is 19.2 Å². The summed E-state index contributed by atoms with van der Waals surface area (Å²) in [5, 5.41) is 6.57. The van der Waals surface area contributed by atoms with Crippen molar-refractivity contribution in [2.75, 3.05) is 26.8 Å². The number of nitrogens with one attached hydrogen (secondary N) is 2. The van der Waals surface area contributed by atoms with Crippen LogP contribution in [-0.4, -0.2) is 37.8 Å². The van der Waals surface area contributed by atoms with E-state index in [4.69, 9.17) is 4.74 Å². The van der Waals surface area contributed by atoms with Crippen molar-refractivity contribution in [3.63, 3.8) is 0 Å². The van der Waals surface area contributed by atoms with Gasteiger partial charge in [0.05, 0.1) is 18.5 Å². The van der Waals surface area contributed by atoms with Crippen molar-refractivity contribution in [2.24, 2.45) is 0 Å². The highest BCUT2D eigenvalue weighted by Crippen LogP contribution is 1.97. The molecule has 0 fully saturated rings. The van der Waals surface area contributed by atoms with E-state index < -0.39 is 0 Å². The molecule has 4 nitrogen and oxygen atoms in total. The van der Waals surface area contributed by atoms with E-state index in [1.54, 1.807) is 13.2 Å². The average Bonchev–Trinajstić information content (AvgIpc) is 2.34. The van der Waals surface area contributed by atoms with Gasteiger partial charge in [-0.25, -0.2) is 4.39 Å². The van der Waals surface area contributed by atoms with Crippen LogP contribution in [0.2, 0.25) is 0 Å². The maximum absolute atomic E-state index is 12.6. The monoisotopic (exact) mass is 241 g/mol. The lowest BCUT2D eigenvalue weighted by atomic mass is 10.3. The zero-order valence-electron chi connectivity index (χ0n) is 10.4. The molecule has 1 aromatic rings. The lowest BCUT2D eigenvalue weighted by molar-refractivity contribution is 0.198. The van der Waals surface area contributed by atoms with Crippen molar-refractivity contribution < 1.29 is 9.13 Å². The lowest BCUT2D eigenvalue weighted by Crippen LogP contribution is -2.37. The van der Waals surface area contributed by atoms with Crippen molar-refractivity contribution in [3.8, 4) is 0 Å². The van der Waals surface area contributed by atoms with Gasteiger partial charge in [-0.1, -0.05) is 0 Å². The molecule has 96 valence electrons. The van der Waals surface area contributed by atoms with Gasteiger partial charge in [-0.2, -0.15) is 0 Å². The zero-order chi connectivity index (χ0) is 12.5. The fourth-order valence-corrected chi connectivity index (χ4v) is 1.35. The third kappa shape index (κ3) is 6.31. The highest BCUT2D eigenvalue weighted by atomic mass is 19.1. The minimum absolute atomic E-state index is 0.303. The largest absolute Gasteiger partial charge is 0.383 e. The van der Waals surface area contributed by atoms with Gasteiger partial charge in [-0.3, -0.25) is 4.98 Å². The molecule has 1 rings (SSSR count). The van der Waals surface area contributed by atoms with Crippen LogP contribution < -0.4 is 10.6 Å². The first kappa shape index (κ1) is 14.0. The number of hydrogen-bond donors (Lipinski definition) is 2. The standard InChI is InChI=1S/C12H20FN3O/c1-10(7-14-5-6-17-2)15-9-12-4-3-11(13)8-16-12/h3-4,8,10,14-15H,5-7,9H2,1-2H3. The van der Waals surface area contributed by atoms with E-state index >= 15 is 0 Å². The predicted molar refractivity (Wildman–Crippen MR) is 65.2 cm³/mol. The first-order chi connectivity index (χ1) is 8.22. The van der Waals surface area contributed by atoms with Crippen molar-refractivity contribution >= 4 is 0 Å². The smallest absolute Gasteiger partial charge is 0.141 e. The Morgan fingerprint density at radius 3 is 2.94 bits per heavy atom. The molecular weight excluding hydrogens is 221 g/mol. The van der Waals surface area contributed by atoms with Crippen LogP contribution in [0, 0.1) is 5.82 Å². The Morgan fingerprint density at radius 1 is 1.47 bits per heavy atom. The number of rotatable bonds is 8. The Morgan fingerprint density at radius 2 is 2.29 bits per heavy atom. The number of hydrogen-bond acceptors (Lipinski definition) is 4. The lowest BCUT2D eigenvalue weighted by Gasteiger charge is -2.14. The van der Waals surface area contributed by atoms with Gasteiger partial charge >= 0.3 is 0 Å². The van der Waals surface area contributed by atoms with Crippen LogP contribution in [0.5, 0.6) is 0 Å². The minimum Gasteiger partial charge on any atom is -0.383 e. The second-order valence-electron chi connectivity index (χ2n) is 3.95. The molecule has 0 aromatic carbocycles. The van der Waals surface area contributed by atoms with Gasteiger partial charge in [0.2, 0.25) is 0 Å². The van der Waals surface area contributed by atoms with Gasteiger partial charge in [0.15, 0.2) is 0 Å². The first-order valence-corrected chi connectivity index (χ1v) is 5.76. The SMILES string of the molecule is COCCNCC(C)NCc1ccc(F)cn1. The fraction of sp³-hybridized carbons (Fsp3) is 0.583. The summed E-state index contributed by atoms with van der Waals surface area (Å²) in [6.45, 7) is 5.16. The molecule has 0 saturated heterocycles. The van der Waals surface area contributed by atoms with Crippen molar-refractivity contribution in [1.82, 2.24) is 15.6 Å². The van der Waals surface area contributed by atoms with E-state index in [1.165, 1.54) is 12.3 Å². The normalized spacial score (nSPS) is 12.6. The molecule has 0 radical (unpaired) electrons. The molecule has 0 spiro atoms. The van der Waals surface area contributed by atoms with E-state index in [1.807, 2.05) is 0 Å². The van der Waals surface area contributed by atoms with Crippen molar-refractivity contribution in [2.45, 2.75) is 19.5 Å². The van der Waals surface area contributed by atoms with Gasteiger partial charge in [0.25, 0.3) is 0 Å². The molecule has 17 heavy (non-hydrogen) atoms. The summed E-state index contributed by atoms with van der Waals surface area (Å²) in [6.07, 6.45) is 1.23. The number of aromatic nitrogens is 1. The molecule has 2 N–H and O–H groups in total. The summed E-state index contributed by atoms with van der Waals surface area (Å²) in [5.74, 6) is -0.303. The Labute approximate surface area is 102 Å². The molecule has 0 aliphatic rings. The van der Waals surface area contributed by atoms with E-state index in [0.717, 1.165) is 18.8 Å². The molecule has 5 heteroatoms. The summed E-state index contributed by atoms with van der Waals surface area (Å²) in [4.78, 5) is 3.98. The second kappa shape index (κ2) is 8.11. The molecule has 1 unspecified atom stereocenters. The summed E-state index contributed by atoms with van der Waals surface area (Å²) in [7, 11) is 1.68. The fourth-order valence-electron chi connectivity index (χ4n) is 1.35. The molecule has 0 aliphatic heterocycles. The third-order valence-corrected chi connectivity index (χ3v) is 2.35. The molecule has 0 amide bonds. The number of methoxy groups -OCH3 is 1. The van der Waals surface area contributed by atoms with Gasteiger partial charge in [0.1, 0.15) is 5.82 Å². The van der Waals surface area contributed by atoms with E-state index in [-0.39, 0.29) is 5.82 Å². The van der Waals surface area contributed by atoms with E-state index in [9.17, 15) is 4.39 Å². The summed E-state index contributed by atoms with van der Waals surface area (Å²) >= 11 is 0. The molecule has 0 aliphatic carbocycles. The number of nitrogens with zero attached hydrogens (tertiary/aromatic N) is 1. The maximum atomic E-state index is 12.6. The quantitative estimate of drug-likeness (QED) is 0.665. The Kier molecular flexibility index (Phi) is 6.69. The van der Waals surface area contributed by atoms with Crippen LogP contribution in [0.15, 0.2) is 18.3 Å². The third-order valence-electron chi connectivity index (χ3n) is 2.35. The molecule has 1 aromatic heterocycles. The highest BCUT2D eigenvalue weighted by Gasteiger charge is 2.01. The van der Waals surface area contributed by atoms with Crippen molar-refractivity contribution in [1.29, 1.82) is 0 Å². The first-order valence-electron chi connectivity index (χ1n) is 5.76. The van der Waals surface area contributed by atoms with Crippen LogP contribution in [0.3, 0.4) is 0 Å². The molecule has 1 atom stereocenters. The van der Waals surface area contributed by atoms with Gasteiger partial charge < -0.3 is 15.4 Å². The van der Waals surface area contributed by atoms with Crippen molar-refractivity contribution in [3.05, 3.63) is 29.8 Å². The summed E-state index contributed by atoms with van der Waals surface area (Å²) < 4.78 is 17.6. The summed E-state index contributed by atoms with van der Waals surface area (Å²) in [6, 6.07) is 3.44. The molecule has 0 saturated carbocycles. The predicted octanol–water partition coefficient (Wildman–Crippen LogP) is 0.935. The number of ether oxygens (including phenoxy) is 1. The Balaban J connectivity index is 2.14. The molecule has 0 bridgehead atoms. The Hall–Kier alpha value is -1.04. The van der Waals surface area contributed by atoms with Crippen LogP contribution in [0.1, 0.15) is 12.6 Å². The molecule has 1 heterocycles. The van der Waals surface area contributed by atoms with Gasteiger partial charge in [-0.05, 0) is 19.1 Å². The van der Waals surface area contributed by atoms with Gasteiger partial charge in [0, 0.05) is 32.8 Å². The number of halogens is 1. The topological polar surface area (TPSA) is 46.2 Å².